The average Bonchev–Trinajstić information content (AvgIpc) is 2.48. The minimum absolute atomic E-state index is 0.0257. The highest BCUT2D eigenvalue weighted by atomic mass is 16.2. The summed E-state index contributed by atoms with van der Waals surface area (Å²) in [4.78, 5) is 25.4. The van der Waals surface area contributed by atoms with Crippen molar-refractivity contribution in [2.24, 2.45) is 5.92 Å². The van der Waals surface area contributed by atoms with Gasteiger partial charge in [0.2, 0.25) is 11.8 Å². The summed E-state index contributed by atoms with van der Waals surface area (Å²) in [5, 5.41) is 5.76. The van der Waals surface area contributed by atoms with Crippen LogP contribution in [0.3, 0.4) is 0 Å². The molecule has 0 spiro atoms. The summed E-state index contributed by atoms with van der Waals surface area (Å²) in [6.45, 7) is 1.02. The van der Waals surface area contributed by atoms with Crippen molar-refractivity contribution in [3.05, 3.63) is 35.9 Å². The van der Waals surface area contributed by atoms with Crippen LogP contribution in [0.25, 0.3) is 0 Å². The van der Waals surface area contributed by atoms with Crippen molar-refractivity contribution in [3.8, 4) is 0 Å². The maximum atomic E-state index is 12.2. The number of carbonyl (C=O) groups excluding carboxylic acids is 2. The van der Waals surface area contributed by atoms with Crippen molar-refractivity contribution in [1.29, 1.82) is 0 Å². The maximum absolute atomic E-state index is 12.2. The first-order valence-corrected chi connectivity index (χ1v) is 7.33. The summed E-state index contributed by atoms with van der Waals surface area (Å²) in [6, 6.07) is 10.3. The van der Waals surface area contributed by atoms with Gasteiger partial charge in [0.25, 0.3) is 0 Å². The quantitative estimate of drug-likeness (QED) is 0.848. The molecular weight excluding hydrogens is 266 g/mol. The highest BCUT2D eigenvalue weighted by Gasteiger charge is 2.25. The average molecular weight is 289 g/mol. The highest BCUT2D eigenvalue weighted by Crippen LogP contribution is 2.17. The van der Waals surface area contributed by atoms with Gasteiger partial charge in [-0.3, -0.25) is 9.59 Å². The Bertz CT molecular complexity index is 478. The molecule has 2 unspecified atom stereocenters. The first kappa shape index (κ1) is 15.5. The Morgan fingerprint density at radius 2 is 2.10 bits per heavy atom. The van der Waals surface area contributed by atoms with Crippen LogP contribution in [-0.2, 0) is 9.59 Å². The molecule has 0 aliphatic carbocycles. The molecule has 5 heteroatoms. The number of nitrogens with zero attached hydrogens (tertiary/aromatic N) is 1. The molecule has 114 valence electrons. The lowest BCUT2D eigenvalue weighted by Crippen LogP contribution is -2.44. The molecule has 2 amide bonds. The minimum atomic E-state index is -0.110. The fourth-order valence-corrected chi connectivity index (χ4v) is 2.57. The zero-order chi connectivity index (χ0) is 15.2. The van der Waals surface area contributed by atoms with E-state index in [-0.39, 0.29) is 23.8 Å². The molecule has 1 aliphatic heterocycles. The first-order valence-electron chi connectivity index (χ1n) is 7.33. The predicted molar refractivity (Wildman–Crippen MR) is 81.6 cm³/mol. The van der Waals surface area contributed by atoms with E-state index in [4.69, 9.17) is 0 Å². The van der Waals surface area contributed by atoms with Gasteiger partial charge in [-0.1, -0.05) is 30.3 Å². The number of carbonyl (C=O) groups is 2. The molecule has 1 heterocycles. The summed E-state index contributed by atoms with van der Waals surface area (Å²) in [6.07, 6.45) is 1.07. The summed E-state index contributed by atoms with van der Waals surface area (Å²) in [5.41, 5.74) is 1.18. The second-order valence-corrected chi connectivity index (χ2v) is 5.67. The van der Waals surface area contributed by atoms with Crippen LogP contribution >= 0.6 is 0 Å². The van der Waals surface area contributed by atoms with Crippen LogP contribution in [0, 0.1) is 5.92 Å². The third kappa shape index (κ3) is 4.29. The normalized spacial score (nSPS) is 20.0. The third-order valence-electron chi connectivity index (χ3n) is 3.91. The Morgan fingerprint density at radius 1 is 1.38 bits per heavy atom. The van der Waals surface area contributed by atoms with Crippen LogP contribution in [0.2, 0.25) is 0 Å². The molecule has 1 saturated heterocycles. The van der Waals surface area contributed by atoms with Crippen molar-refractivity contribution < 1.29 is 9.59 Å². The molecule has 1 fully saturated rings. The van der Waals surface area contributed by atoms with Crippen molar-refractivity contribution in [2.45, 2.75) is 18.9 Å². The van der Waals surface area contributed by atoms with E-state index >= 15 is 0 Å². The Morgan fingerprint density at radius 3 is 2.67 bits per heavy atom. The SMILES string of the molecule is CN(C)C(CNC(=O)C1CCC(=O)NC1)c1ccccc1. The Labute approximate surface area is 125 Å². The number of likely N-dealkylation sites (N-methyl/N-ethyl adjacent to an activating group) is 1. The number of amides is 2. The monoisotopic (exact) mass is 289 g/mol. The zero-order valence-corrected chi connectivity index (χ0v) is 12.6. The summed E-state index contributed by atoms with van der Waals surface area (Å²) in [7, 11) is 4.01. The molecule has 2 N–H and O–H groups in total. The van der Waals surface area contributed by atoms with E-state index in [1.807, 2.05) is 32.3 Å². The van der Waals surface area contributed by atoms with Gasteiger partial charge in [0.1, 0.15) is 0 Å². The van der Waals surface area contributed by atoms with Gasteiger partial charge < -0.3 is 15.5 Å². The van der Waals surface area contributed by atoms with E-state index in [1.54, 1.807) is 0 Å². The Kier molecular flexibility index (Phi) is 5.33. The number of piperidine rings is 1. The van der Waals surface area contributed by atoms with Gasteiger partial charge in [0.05, 0.1) is 12.0 Å². The van der Waals surface area contributed by atoms with E-state index < -0.39 is 0 Å². The number of nitrogens with one attached hydrogen (secondary N) is 2. The molecule has 0 radical (unpaired) electrons. The van der Waals surface area contributed by atoms with Gasteiger partial charge >= 0.3 is 0 Å². The van der Waals surface area contributed by atoms with Gasteiger partial charge in [0, 0.05) is 19.5 Å². The lowest BCUT2D eigenvalue weighted by atomic mass is 9.98. The molecule has 1 aromatic rings. The van der Waals surface area contributed by atoms with E-state index in [2.05, 4.69) is 27.7 Å². The second-order valence-electron chi connectivity index (χ2n) is 5.67. The molecule has 1 aliphatic rings. The van der Waals surface area contributed by atoms with Crippen molar-refractivity contribution >= 4 is 11.8 Å². The van der Waals surface area contributed by atoms with E-state index in [0.717, 1.165) is 0 Å². The lowest BCUT2D eigenvalue weighted by Gasteiger charge is -2.27. The van der Waals surface area contributed by atoms with Crippen molar-refractivity contribution in [3.63, 3.8) is 0 Å². The van der Waals surface area contributed by atoms with E-state index in [1.165, 1.54) is 5.56 Å². The summed E-state index contributed by atoms with van der Waals surface area (Å²) in [5.74, 6) is -0.0476. The highest BCUT2D eigenvalue weighted by molar-refractivity contribution is 5.83. The molecule has 21 heavy (non-hydrogen) atoms. The third-order valence-corrected chi connectivity index (χ3v) is 3.91. The number of hydrogen-bond acceptors (Lipinski definition) is 3. The van der Waals surface area contributed by atoms with Gasteiger partial charge in [-0.05, 0) is 26.1 Å². The molecule has 0 aromatic heterocycles. The topological polar surface area (TPSA) is 61.4 Å². The fraction of sp³-hybridized carbons (Fsp3) is 0.500. The van der Waals surface area contributed by atoms with Crippen LogP contribution in [0.1, 0.15) is 24.4 Å². The summed E-state index contributed by atoms with van der Waals surface area (Å²) < 4.78 is 0. The zero-order valence-electron chi connectivity index (χ0n) is 12.6. The standard InChI is InChI=1S/C16H23N3O2/c1-19(2)14(12-6-4-3-5-7-12)11-18-16(21)13-8-9-15(20)17-10-13/h3-7,13-14H,8-11H2,1-2H3,(H,17,20)(H,18,21). The van der Waals surface area contributed by atoms with Crippen LogP contribution in [0.15, 0.2) is 30.3 Å². The predicted octanol–water partition coefficient (Wildman–Crippen LogP) is 0.932. The van der Waals surface area contributed by atoms with Gasteiger partial charge in [-0.15, -0.1) is 0 Å². The van der Waals surface area contributed by atoms with Crippen LogP contribution in [0.5, 0.6) is 0 Å². The summed E-state index contributed by atoms with van der Waals surface area (Å²) >= 11 is 0. The van der Waals surface area contributed by atoms with Crippen LogP contribution in [-0.4, -0.2) is 43.9 Å². The van der Waals surface area contributed by atoms with Crippen LogP contribution in [0.4, 0.5) is 0 Å². The lowest BCUT2D eigenvalue weighted by molar-refractivity contribution is -0.129. The fourth-order valence-electron chi connectivity index (χ4n) is 2.57. The number of hydrogen-bond donors (Lipinski definition) is 2. The number of benzene rings is 1. The van der Waals surface area contributed by atoms with Gasteiger partial charge in [-0.25, -0.2) is 0 Å². The maximum Gasteiger partial charge on any atom is 0.224 e. The second kappa shape index (κ2) is 7.22. The van der Waals surface area contributed by atoms with Crippen LogP contribution < -0.4 is 10.6 Å². The molecule has 1 aromatic carbocycles. The largest absolute Gasteiger partial charge is 0.355 e. The Balaban J connectivity index is 1.90. The molecule has 0 saturated carbocycles. The van der Waals surface area contributed by atoms with Crippen molar-refractivity contribution in [2.75, 3.05) is 27.2 Å². The molecular formula is C16H23N3O2. The van der Waals surface area contributed by atoms with Gasteiger partial charge in [-0.2, -0.15) is 0 Å². The van der Waals surface area contributed by atoms with Gasteiger partial charge in [0.15, 0.2) is 0 Å². The Hall–Kier alpha value is -1.88. The first-order chi connectivity index (χ1) is 10.1. The molecule has 2 rings (SSSR count). The van der Waals surface area contributed by atoms with E-state index in [0.29, 0.717) is 25.9 Å². The molecule has 2 atom stereocenters. The van der Waals surface area contributed by atoms with E-state index in [9.17, 15) is 9.59 Å². The molecule has 5 nitrogen and oxygen atoms in total. The number of rotatable bonds is 5. The smallest absolute Gasteiger partial charge is 0.224 e. The molecule has 0 bridgehead atoms. The minimum Gasteiger partial charge on any atom is -0.355 e. The van der Waals surface area contributed by atoms with Crippen molar-refractivity contribution in [1.82, 2.24) is 15.5 Å².